The minimum atomic E-state index is -4.58. The highest BCUT2D eigenvalue weighted by Gasteiger charge is 2.10. The van der Waals surface area contributed by atoms with Gasteiger partial charge in [-0.25, -0.2) is 4.98 Å². The quantitative estimate of drug-likeness (QED) is 0.201. The molecule has 0 unspecified atom stereocenters. The van der Waals surface area contributed by atoms with E-state index in [1.165, 1.54) is 11.5 Å². The molecule has 174 valence electrons. The molecule has 0 atom stereocenters. The summed E-state index contributed by atoms with van der Waals surface area (Å²) in [6.07, 6.45) is 6.10. The third kappa shape index (κ3) is 5.11. The molecule has 0 bridgehead atoms. The number of rotatable bonds is 9. The third-order valence-electron chi connectivity index (χ3n) is 5.36. The van der Waals surface area contributed by atoms with Gasteiger partial charge in [-0.1, -0.05) is 6.07 Å². The summed E-state index contributed by atoms with van der Waals surface area (Å²) in [5.41, 5.74) is 4.04. The zero-order valence-electron chi connectivity index (χ0n) is 17.9. The molecule has 3 heterocycles. The number of nitrogens with one attached hydrogen (secondary N) is 4. The maximum Gasteiger partial charge on any atom is 0.446 e. The monoisotopic (exact) mass is 478 g/mol. The fourth-order valence-electron chi connectivity index (χ4n) is 3.79. The molecule has 34 heavy (non-hydrogen) atoms. The molecule has 2 aromatic carbocycles. The molecule has 5 aromatic rings. The highest BCUT2D eigenvalue weighted by Crippen LogP contribution is 2.25. The van der Waals surface area contributed by atoms with Crippen LogP contribution in [0, 0.1) is 0 Å². The van der Waals surface area contributed by atoms with E-state index in [-0.39, 0.29) is 5.75 Å². The molecule has 0 spiro atoms. The molecule has 0 fully saturated rings. The smallest absolute Gasteiger partial charge is 0.366 e. The maximum absolute atomic E-state index is 11.0. The largest absolute Gasteiger partial charge is 0.446 e. The van der Waals surface area contributed by atoms with Crippen LogP contribution in [-0.2, 0) is 23.4 Å². The van der Waals surface area contributed by atoms with E-state index in [0.29, 0.717) is 31.3 Å². The van der Waals surface area contributed by atoms with E-state index < -0.39 is 10.4 Å². The van der Waals surface area contributed by atoms with E-state index in [1.807, 2.05) is 24.5 Å². The third-order valence-corrected chi connectivity index (χ3v) is 5.77. The molecule has 3 aromatic heterocycles. The first-order chi connectivity index (χ1) is 16.4. The normalized spacial score (nSPS) is 11.7. The van der Waals surface area contributed by atoms with Gasteiger partial charge in [0, 0.05) is 48.1 Å². The standard InChI is InChI=1S/C23H22N6O4S/c30-34(31,32)33-18-2-4-21-19(12-18)17(14-27-21)6-9-25-23-26-10-7-22(29-23)28-13-15-1-3-20-16(11-15)5-8-24-20/h1-5,7-8,10-12,14,24,27H,6,9,13H2,(H,30,31,32)(H2,25,26,28,29). The van der Waals surface area contributed by atoms with Crippen LogP contribution in [0.3, 0.4) is 0 Å². The minimum absolute atomic E-state index is 0.0431. The van der Waals surface area contributed by atoms with Crippen LogP contribution >= 0.6 is 0 Å². The second kappa shape index (κ2) is 9.04. The van der Waals surface area contributed by atoms with Crippen molar-refractivity contribution in [3.63, 3.8) is 0 Å². The van der Waals surface area contributed by atoms with Crippen LogP contribution in [-0.4, -0.2) is 39.5 Å². The Balaban J connectivity index is 1.20. The van der Waals surface area contributed by atoms with Gasteiger partial charge >= 0.3 is 10.4 Å². The Hall–Kier alpha value is -4.09. The predicted octanol–water partition coefficient (Wildman–Crippen LogP) is 3.89. The highest BCUT2D eigenvalue weighted by molar-refractivity contribution is 7.81. The topological polar surface area (TPSA) is 145 Å². The number of aromatic nitrogens is 4. The van der Waals surface area contributed by atoms with Crippen molar-refractivity contribution in [3.05, 3.63) is 78.2 Å². The molecule has 5 N–H and O–H groups in total. The molecule has 10 nitrogen and oxygen atoms in total. The van der Waals surface area contributed by atoms with Gasteiger partial charge in [-0.3, -0.25) is 4.55 Å². The molecule has 0 saturated carbocycles. The number of hydrogen-bond acceptors (Lipinski definition) is 7. The van der Waals surface area contributed by atoms with Crippen LogP contribution in [0.25, 0.3) is 21.8 Å². The van der Waals surface area contributed by atoms with Crippen LogP contribution in [0.5, 0.6) is 5.75 Å². The van der Waals surface area contributed by atoms with Crippen molar-refractivity contribution in [3.8, 4) is 5.75 Å². The SMILES string of the molecule is O=S(=O)(O)Oc1ccc2[nH]cc(CCNc3nccc(NCc4ccc5[nH]ccc5c4)n3)c2c1. The molecule has 0 aliphatic carbocycles. The average molecular weight is 479 g/mol. The van der Waals surface area contributed by atoms with Gasteiger partial charge in [-0.15, -0.1) is 0 Å². The average Bonchev–Trinajstić information content (AvgIpc) is 3.43. The molecule has 0 aliphatic rings. The number of hydrogen-bond donors (Lipinski definition) is 5. The van der Waals surface area contributed by atoms with Gasteiger partial charge in [0.25, 0.3) is 0 Å². The summed E-state index contributed by atoms with van der Waals surface area (Å²) in [7, 11) is -4.58. The van der Waals surface area contributed by atoms with Gasteiger partial charge in [-0.2, -0.15) is 13.4 Å². The Morgan fingerprint density at radius 2 is 1.88 bits per heavy atom. The van der Waals surface area contributed by atoms with Crippen molar-refractivity contribution in [2.45, 2.75) is 13.0 Å². The number of nitrogens with zero attached hydrogens (tertiary/aromatic N) is 2. The Morgan fingerprint density at radius 1 is 1.00 bits per heavy atom. The Bertz CT molecular complexity index is 1560. The number of H-pyrrole nitrogens is 2. The lowest BCUT2D eigenvalue weighted by atomic mass is 10.1. The van der Waals surface area contributed by atoms with Crippen LogP contribution < -0.4 is 14.8 Å². The molecule has 0 aliphatic heterocycles. The number of aromatic amines is 2. The summed E-state index contributed by atoms with van der Waals surface area (Å²) in [6.45, 7) is 1.20. The molecule has 11 heteroatoms. The zero-order valence-corrected chi connectivity index (χ0v) is 18.8. The summed E-state index contributed by atoms with van der Waals surface area (Å²) in [5, 5.41) is 8.50. The van der Waals surface area contributed by atoms with Crippen LogP contribution in [0.2, 0.25) is 0 Å². The highest BCUT2D eigenvalue weighted by atomic mass is 32.3. The van der Waals surface area contributed by atoms with Crippen molar-refractivity contribution >= 4 is 44.0 Å². The van der Waals surface area contributed by atoms with Crippen molar-refractivity contribution < 1.29 is 17.2 Å². The molecule has 5 rings (SSSR count). The predicted molar refractivity (Wildman–Crippen MR) is 130 cm³/mol. The first-order valence-corrected chi connectivity index (χ1v) is 11.9. The molecule has 0 amide bonds. The van der Waals surface area contributed by atoms with Crippen molar-refractivity contribution in [2.75, 3.05) is 17.2 Å². The minimum Gasteiger partial charge on any atom is -0.366 e. The van der Waals surface area contributed by atoms with Crippen molar-refractivity contribution in [1.29, 1.82) is 0 Å². The second-order valence-electron chi connectivity index (χ2n) is 7.73. The first-order valence-electron chi connectivity index (χ1n) is 10.6. The lowest BCUT2D eigenvalue weighted by Crippen LogP contribution is -2.09. The number of benzene rings is 2. The number of anilines is 2. The first kappa shape index (κ1) is 21.7. The van der Waals surface area contributed by atoms with Gasteiger partial charge in [0.2, 0.25) is 5.95 Å². The summed E-state index contributed by atoms with van der Waals surface area (Å²) < 4.78 is 35.4. The lowest BCUT2D eigenvalue weighted by molar-refractivity contribution is 0.387. The summed E-state index contributed by atoms with van der Waals surface area (Å²) >= 11 is 0. The van der Waals surface area contributed by atoms with Crippen LogP contribution in [0.4, 0.5) is 11.8 Å². The Labute approximate surface area is 195 Å². The Kier molecular flexibility index (Phi) is 5.78. The molecular weight excluding hydrogens is 456 g/mol. The lowest BCUT2D eigenvalue weighted by Gasteiger charge is -2.09. The van der Waals surface area contributed by atoms with Crippen molar-refractivity contribution in [1.82, 2.24) is 19.9 Å². The van der Waals surface area contributed by atoms with E-state index in [1.54, 1.807) is 18.3 Å². The van der Waals surface area contributed by atoms with E-state index in [9.17, 15) is 8.42 Å². The zero-order chi connectivity index (χ0) is 23.5. The molecule has 0 radical (unpaired) electrons. The van der Waals surface area contributed by atoms with Gasteiger partial charge in [0.05, 0.1) is 0 Å². The van der Waals surface area contributed by atoms with Gasteiger partial charge in [0.15, 0.2) is 0 Å². The molecular formula is C23H22N6O4S. The fraction of sp³-hybridized carbons (Fsp3) is 0.130. The summed E-state index contributed by atoms with van der Waals surface area (Å²) in [4.78, 5) is 15.1. The maximum atomic E-state index is 11.0. The summed E-state index contributed by atoms with van der Waals surface area (Å²) in [6, 6.07) is 14.9. The Morgan fingerprint density at radius 3 is 2.76 bits per heavy atom. The second-order valence-corrected chi connectivity index (χ2v) is 8.75. The molecule has 0 saturated heterocycles. The van der Waals surface area contributed by atoms with E-state index >= 15 is 0 Å². The van der Waals surface area contributed by atoms with E-state index in [2.05, 4.69) is 53.0 Å². The summed E-state index contributed by atoms with van der Waals surface area (Å²) in [5.74, 6) is 1.26. The number of fused-ring (bicyclic) bond motifs is 2. The van der Waals surface area contributed by atoms with Crippen molar-refractivity contribution in [2.24, 2.45) is 0 Å². The van der Waals surface area contributed by atoms with E-state index in [0.717, 1.165) is 27.5 Å². The van der Waals surface area contributed by atoms with E-state index in [4.69, 9.17) is 4.55 Å². The van der Waals surface area contributed by atoms with Crippen LogP contribution in [0.1, 0.15) is 11.1 Å². The van der Waals surface area contributed by atoms with Gasteiger partial charge < -0.3 is 24.8 Å². The fourth-order valence-corrected chi connectivity index (χ4v) is 4.14. The van der Waals surface area contributed by atoms with Gasteiger partial charge in [-0.05, 0) is 65.4 Å². The van der Waals surface area contributed by atoms with Crippen LogP contribution in [0.15, 0.2) is 67.1 Å². The van der Waals surface area contributed by atoms with Gasteiger partial charge in [0.1, 0.15) is 11.6 Å².